The van der Waals surface area contributed by atoms with Gasteiger partial charge in [-0.25, -0.2) is 0 Å². The third-order valence-electron chi connectivity index (χ3n) is 3.97. The van der Waals surface area contributed by atoms with E-state index >= 15 is 0 Å². The molecule has 0 bridgehead atoms. The second-order valence-electron chi connectivity index (χ2n) is 5.51. The van der Waals surface area contributed by atoms with Gasteiger partial charge >= 0.3 is 0 Å². The van der Waals surface area contributed by atoms with Gasteiger partial charge in [0, 0.05) is 6.54 Å². The summed E-state index contributed by atoms with van der Waals surface area (Å²) in [4.78, 5) is 0. The fraction of sp³-hybridized carbons (Fsp3) is 0.625. The normalized spacial score (nSPS) is 22.6. The quantitative estimate of drug-likeness (QED) is 0.839. The number of aliphatic hydroxyl groups excluding tert-OH is 1. The third-order valence-corrected chi connectivity index (χ3v) is 3.97. The van der Waals surface area contributed by atoms with Crippen molar-refractivity contribution in [1.29, 1.82) is 0 Å². The number of hydrogen-bond acceptors (Lipinski definition) is 4. The van der Waals surface area contributed by atoms with Crippen molar-refractivity contribution in [2.45, 2.75) is 38.3 Å². The average molecular weight is 279 g/mol. The summed E-state index contributed by atoms with van der Waals surface area (Å²) in [6, 6.07) is 5.98. The topological polar surface area (TPSA) is 50.7 Å². The van der Waals surface area contributed by atoms with E-state index in [4.69, 9.17) is 9.47 Å². The molecule has 20 heavy (non-hydrogen) atoms. The molecule has 1 aromatic rings. The lowest BCUT2D eigenvalue weighted by Gasteiger charge is -2.26. The molecule has 4 heteroatoms. The summed E-state index contributed by atoms with van der Waals surface area (Å²) in [7, 11) is 3.29. The predicted octanol–water partition coefficient (Wildman–Crippen LogP) is 2.34. The number of hydrogen-bond donors (Lipinski definition) is 2. The third kappa shape index (κ3) is 4.12. The lowest BCUT2D eigenvalue weighted by atomic mass is 9.87. The van der Waals surface area contributed by atoms with E-state index in [2.05, 4.69) is 5.32 Å². The molecule has 0 saturated heterocycles. The zero-order valence-electron chi connectivity index (χ0n) is 12.4. The molecule has 2 unspecified atom stereocenters. The Morgan fingerprint density at radius 1 is 1.20 bits per heavy atom. The predicted molar refractivity (Wildman–Crippen MR) is 79.2 cm³/mol. The van der Waals surface area contributed by atoms with Crippen LogP contribution in [0.5, 0.6) is 11.5 Å². The monoisotopic (exact) mass is 279 g/mol. The molecule has 1 aromatic carbocycles. The van der Waals surface area contributed by atoms with Crippen LogP contribution < -0.4 is 14.8 Å². The Bertz CT molecular complexity index is 422. The molecular formula is C16H25NO3. The summed E-state index contributed by atoms with van der Waals surface area (Å²) in [5.74, 6) is 2.12. The van der Waals surface area contributed by atoms with Gasteiger partial charge in [-0.2, -0.15) is 0 Å². The number of benzene rings is 1. The summed E-state index contributed by atoms with van der Waals surface area (Å²) in [5.41, 5.74) is 1.18. The van der Waals surface area contributed by atoms with Crippen molar-refractivity contribution < 1.29 is 14.6 Å². The van der Waals surface area contributed by atoms with Gasteiger partial charge in [0.25, 0.3) is 0 Å². The molecule has 1 aliphatic carbocycles. The number of methoxy groups -OCH3 is 2. The van der Waals surface area contributed by atoms with E-state index in [9.17, 15) is 5.11 Å². The molecule has 4 nitrogen and oxygen atoms in total. The average Bonchev–Trinajstić information content (AvgIpc) is 2.47. The van der Waals surface area contributed by atoms with Gasteiger partial charge in [0.05, 0.1) is 20.3 Å². The second kappa shape index (κ2) is 7.50. The molecule has 0 aliphatic heterocycles. The molecule has 0 aromatic heterocycles. The molecule has 2 rings (SSSR count). The summed E-state index contributed by atoms with van der Waals surface area (Å²) < 4.78 is 10.5. The maximum Gasteiger partial charge on any atom is 0.161 e. The van der Waals surface area contributed by atoms with E-state index in [1.807, 2.05) is 18.2 Å². The van der Waals surface area contributed by atoms with Crippen LogP contribution in [0.1, 0.15) is 31.2 Å². The summed E-state index contributed by atoms with van der Waals surface area (Å²) in [6.07, 6.45) is 4.15. The number of ether oxygens (including phenoxy) is 2. The van der Waals surface area contributed by atoms with Crippen molar-refractivity contribution in [1.82, 2.24) is 5.32 Å². The molecule has 0 amide bonds. The highest BCUT2D eigenvalue weighted by Crippen LogP contribution is 2.27. The smallest absolute Gasteiger partial charge is 0.161 e. The molecule has 0 radical (unpaired) electrons. The minimum Gasteiger partial charge on any atom is -0.493 e. The Morgan fingerprint density at radius 3 is 2.70 bits per heavy atom. The van der Waals surface area contributed by atoms with E-state index < -0.39 is 0 Å². The van der Waals surface area contributed by atoms with Gasteiger partial charge in [-0.15, -0.1) is 0 Å². The fourth-order valence-corrected chi connectivity index (χ4v) is 2.86. The van der Waals surface area contributed by atoms with Crippen LogP contribution in [0.2, 0.25) is 0 Å². The summed E-state index contributed by atoms with van der Waals surface area (Å²) in [6.45, 7) is 1.78. The highest BCUT2D eigenvalue weighted by atomic mass is 16.5. The van der Waals surface area contributed by atoms with Crippen LogP contribution in [0.4, 0.5) is 0 Å². The van der Waals surface area contributed by atoms with E-state index in [1.165, 1.54) is 12.0 Å². The highest BCUT2D eigenvalue weighted by Gasteiger charge is 2.19. The summed E-state index contributed by atoms with van der Waals surface area (Å²) in [5, 5.41) is 13.1. The molecule has 1 saturated carbocycles. The molecule has 0 spiro atoms. The van der Waals surface area contributed by atoms with E-state index in [0.29, 0.717) is 5.92 Å². The molecule has 0 heterocycles. The first-order valence-corrected chi connectivity index (χ1v) is 7.32. The summed E-state index contributed by atoms with van der Waals surface area (Å²) >= 11 is 0. The minimum absolute atomic E-state index is 0.100. The second-order valence-corrected chi connectivity index (χ2v) is 5.51. The SMILES string of the molecule is COc1ccc(CNCC2CCCC(O)C2)cc1OC. The standard InChI is InChI=1S/C16H25NO3/c1-19-15-7-6-13(9-16(15)20-2)11-17-10-12-4-3-5-14(18)8-12/h6-7,9,12,14,17-18H,3-5,8,10-11H2,1-2H3. The van der Waals surface area contributed by atoms with Gasteiger partial charge in [0.2, 0.25) is 0 Å². The molecule has 1 fully saturated rings. The Balaban J connectivity index is 1.81. The van der Waals surface area contributed by atoms with Crippen LogP contribution in [0, 0.1) is 5.92 Å². The number of nitrogens with one attached hydrogen (secondary N) is 1. The largest absolute Gasteiger partial charge is 0.493 e. The minimum atomic E-state index is -0.100. The van der Waals surface area contributed by atoms with Gasteiger partial charge in [-0.1, -0.05) is 12.5 Å². The van der Waals surface area contributed by atoms with Crippen LogP contribution in [0.15, 0.2) is 18.2 Å². The molecule has 112 valence electrons. The lowest BCUT2D eigenvalue weighted by Crippen LogP contribution is -2.28. The van der Waals surface area contributed by atoms with Crippen molar-refractivity contribution in [2.24, 2.45) is 5.92 Å². The Hall–Kier alpha value is -1.26. The Morgan fingerprint density at radius 2 is 2.00 bits per heavy atom. The first-order valence-electron chi connectivity index (χ1n) is 7.32. The molecule has 2 atom stereocenters. The van der Waals surface area contributed by atoms with Gasteiger partial charge in [-0.3, -0.25) is 0 Å². The van der Waals surface area contributed by atoms with Crippen LogP contribution in [-0.4, -0.2) is 32.0 Å². The molecule has 2 N–H and O–H groups in total. The lowest BCUT2D eigenvalue weighted by molar-refractivity contribution is 0.101. The molecular weight excluding hydrogens is 254 g/mol. The van der Waals surface area contributed by atoms with Crippen LogP contribution >= 0.6 is 0 Å². The van der Waals surface area contributed by atoms with Crippen LogP contribution in [-0.2, 0) is 6.54 Å². The van der Waals surface area contributed by atoms with Crippen molar-refractivity contribution in [2.75, 3.05) is 20.8 Å². The van der Waals surface area contributed by atoms with E-state index in [-0.39, 0.29) is 6.10 Å². The van der Waals surface area contributed by atoms with Crippen molar-refractivity contribution >= 4 is 0 Å². The van der Waals surface area contributed by atoms with Gasteiger partial charge < -0.3 is 19.9 Å². The maximum atomic E-state index is 9.66. The zero-order valence-corrected chi connectivity index (χ0v) is 12.4. The fourth-order valence-electron chi connectivity index (χ4n) is 2.86. The van der Waals surface area contributed by atoms with Gasteiger partial charge in [-0.05, 0) is 49.4 Å². The maximum absolute atomic E-state index is 9.66. The Kier molecular flexibility index (Phi) is 5.68. The Labute approximate surface area is 121 Å². The first kappa shape index (κ1) is 15.1. The van der Waals surface area contributed by atoms with Crippen LogP contribution in [0.3, 0.4) is 0 Å². The van der Waals surface area contributed by atoms with Crippen LogP contribution in [0.25, 0.3) is 0 Å². The first-order chi connectivity index (χ1) is 9.72. The van der Waals surface area contributed by atoms with Gasteiger partial charge in [0.1, 0.15) is 0 Å². The highest BCUT2D eigenvalue weighted by molar-refractivity contribution is 5.42. The number of rotatable bonds is 6. The van der Waals surface area contributed by atoms with Crippen molar-refractivity contribution in [3.05, 3.63) is 23.8 Å². The molecule has 1 aliphatic rings. The van der Waals surface area contributed by atoms with Gasteiger partial charge in [0.15, 0.2) is 11.5 Å². The zero-order chi connectivity index (χ0) is 14.4. The number of aliphatic hydroxyl groups is 1. The van der Waals surface area contributed by atoms with E-state index in [0.717, 1.165) is 43.9 Å². The van der Waals surface area contributed by atoms with Crippen molar-refractivity contribution in [3.8, 4) is 11.5 Å². The van der Waals surface area contributed by atoms with Crippen molar-refractivity contribution in [3.63, 3.8) is 0 Å². The van der Waals surface area contributed by atoms with E-state index in [1.54, 1.807) is 14.2 Å².